The molecule has 0 aromatic carbocycles. The molecule has 3 nitrogen and oxygen atoms in total. The zero-order valence-corrected chi connectivity index (χ0v) is 11.8. The third-order valence-electron chi connectivity index (χ3n) is 4.07. The Bertz CT molecular complexity index is 298. The highest BCUT2D eigenvalue weighted by Crippen LogP contribution is 2.34. The van der Waals surface area contributed by atoms with E-state index in [0.29, 0.717) is 0 Å². The number of carbonyl (C=O) groups is 1. The maximum absolute atomic E-state index is 12.4. The monoisotopic (exact) mass is 250 g/mol. The zero-order valence-electron chi connectivity index (χ0n) is 11.8. The molecule has 18 heavy (non-hydrogen) atoms. The smallest absolute Gasteiger partial charge is 0.240 e. The van der Waals surface area contributed by atoms with Gasteiger partial charge in [-0.15, -0.1) is 0 Å². The average Bonchev–Trinajstić information content (AvgIpc) is 2.64. The van der Waals surface area contributed by atoms with Gasteiger partial charge in [0, 0.05) is 6.04 Å². The molecule has 0 spiro atoms. The van der Waals surface area contributed by atoms with Gasteiger partial charge < -0.3 is 5.32 Å². The van der Waals surface area contributed by atoms with Crippen molar-refractivity contribution in [1.29, 1.82) is 5.26 Å². The van der Waals surface area contributed by atoms with Crippen LogP contribution in [-0.2, 0) is 4.79 Å². The highest BCUT2D eigenvalue weighted by atomic mass is 16.2. The molecule has 1 N–H and O–H groups in total. The first-order valence-electron chi connectivity index (χ1n) is 7.40. The lowest BCUT2D eigenvalue weighted by atomic mass is 9.80. The van der Waals surface area contributed by atoms with E-state index in [4.69, 9.17) is 0 Å². The second-order valence-corrected chi connectivity index (χ2v) is 5.48. The van der Waals surface area contributed by atoms with Gasteiger partial charge in [0.05, 0.1) is 6.07 Å². The van der Waals surface area contributed by atoms with Crippen LogP contribution in [0.1, 0.15) is 71.6 Å². The Hall–Kier alpha value is -1.04. The summed E-state index contributed by atoms with van der Waals surface area (Å²) in [6.45, 7) is 4.22. The van der Waals surface area contributed by atoms with E-state index >= 15 is 0 Å². The predicted molar refractivity (Wildman–Crippen MR) is 72.9 cm³/mol. The minimum absolute atomic E-state index is 0.0211. The van der Waals surface area contributed by atoms with Gasteiger partial charge in [-0.3, -0.25) is 4.79 Å². The first-order valence-corrected chi connectivity index (χ1v) is 7.40. The quantitative estimate of drug-likeness (QED) is 0.759. The molecule has 1 rings (SSSR count). The second-order valence-electron chi connectivity index (χ2n) is 5.48. The fourth-order valence-corrected chi connectivity index (χ4v) is 2.77. The number of nitriles is 1. The Kier molecular flexibility index (Phi) is 6.18. The molecule has 0 aromatic heterocycles. The van der Waals surface area contributed by atoms with E-state index in [1.165, 1.54) is 0 Å². The number of amides is 1. The van der Waals surface area contributed by atoms with Crippen molar-refractivity contribution in [3.05, 3.63) is 0 Å². The van der Waals surface area contributed by atoms with Gasteiger partial charge in [-0.05, 0) is 25.7 Å². The van der Waals surface area contributed by atoms with Crippen molar-refractivity contribution >= 4 is 5.91 Å². The summed E-state index contributed by atoms with van der Waals surface area (Å²) >= 11 is 0. The summed E-state index contributed by atoms with van der Waals surface area (Å²) in [5.41, 5.74) is -0.752. The second kappa shape index (κ2) is 7.41. The fourth-order valence-electron chi connectivity index (χ4n) is 2.77. The number of nitrogens with zero attached hydrogens (tertiary/aromatic N) is 1. The molecule has 1 amide bonds. The van der Waals surface area contributed by atoms with Gasteiger partial charge in [0.2, 0.25) is 5.91 Å². The molecular formula is C15H26N2O. The van der Waals surface area contributed by atoms with Crippen LogP contribution in [0.5, 0.6) is 0 Å². The van der Waals surface area contributed by atoms with Gasteiger partial charge in [0.15, 0.2) is 0 Å². The number of nitrogens with one attached hydrogen (secondary N) is 1. The maximum Gasteiger partial charge on any atom is 0.240 e. The van der Waals surface area contributed by atoms with Gasteiger partial charge in [0.1, 0.15) is 5.41 Å². The standard InChI is InChI=1S/C15H26N2O/c1-3-9-13(4-2)17-14(18)15(12-16)10-7-5-6-8-11-15/h13H,3-11H2,1-2H3,(H,17,18). The van der Waals surface area contributed by atoms with Crippen LogP contribution in [0, 0.1) is 16.7 Å². The van der Waals surface area contributed by atoms with Gasteiger partial charge in [-0.1, -0.05) is 46.0 Å². The van der Waals surface area contributed by atoms with E-state index in [2.05, 4.69) is 25.2 Å². The molecule has 1 saturated carbocycles. The normalized spacial score (nSPS) is 20.5. The molecule has 102 valence electrons. The summed E-state index contributed by atoms with van der Waals surface area (Å²) in [6, 6.07) is 2.55. The average molecular weight is 250 g/mol. The lowest BCUT2D eigenvalue weighted by Crippen LogP contribution is -2.44. The molecule has 0 radical (unpaired) electrons. The molecule has 1 aliphatic rings. The summed E-state index contributed by atoms with van der Waals surface area (Å²) in [4.78, 5) is 12.4. The van der Waals surface area contributed by atoms with Crippen LogP contribution in [0.4, 0.5) is 0 Å². The van der Waals surface area contributed by atoms with Crippen molar-refractivity contribution in [3.8, 4) is 6.07 Å². The summed E-state index contributed by atoms with van der Waals surface area (Å²) in [5, 5.41) is 12.5. The number of hydrogen-bond donors (Lipinski definition) is 1. The SMILES string of the molecule is CCCC(CC)NC(=O)C1(C#N)CCCCCC1. The molecule has 1 atom stereocenters. The molecule has 0 aliphatic heterocycles. The van der Waals surface area contributed by atoms with Crippen LogP contribution >= 0.6 is 0 Å². The molecule has 1 fully saturated rings. The van der Waals surface area contributed by atoms with Gasteiger partial charge in [0.25, 0.3) is 0 Å². The Morgan fingerprint density at radius 3 is 2.33 bits per heavy atom. The molecule has 0 bridgehead atoms. The van der Waals surface area contributed by atoms with E-state index < -0.39 is 5.41 Å². The van der Waals surface area contributed by atoms with Gasteiger partial charge >= 0.3 is 0 Å². The predicted octanol–water partition coefficient (Wildman–Crippen LogP) is 3.55. The highest BCUT2D eigenvalue weighted by Gasteiger charge is 2.39. The summed E-state index contributed by atoms with van der Waals surface area (Å²) in [6.07, 6.45) is 8.81. The zero-order chi connectivity index (χ0) is 13.4. The Labute approximate surface area is 111 Å². The van der Waals surface area contributed by atoms with Crippen LogP contribution in [0.2, 0.25) is 0 Å². The molecule has 0 aromatic rings. The maximum atomic E-state index is 12.4. The lowest BCUT2D eigenvalue weighted by molar-refractivity contribution is -0.129. The molecule has 3 heteroatoms. The number of hydrogen-bond acceptors (Lipinski definition) is 2. The Morgan fingerprint density at radius 2 is 1.89 bits per heavy atom. The van der Waals surface area contributed by atoms with Crippen molar-refractivity contribution in [2.75, 3.05) is 0 Å². The summed E-state index contributed by atoms with van der Waals surface area (Å²) in [7, 11) is 0. The third kappa shape index (κ3) is 3.73. The minimum Gasteiger partial charge on any atom is -0.352 e. The fraction of sp³-hybridized carbons (Fsp3) is 0.867. The van der Waals surface area contributed by atoms with E-state index in [1.807, 2.05) is 0 Å². The van der Waals surface area contributed by atoms with Crippen molar-refractivity contribution in [3.63, 3.8) is 0 Å². The molecular weight excluding hydrogens is 224 g/mol. The first-order chi connectivity index (χ1) is 8.68. The van der Waals surface area contributed by atoms with E-state index in [1.54, 1.807) is 0 Å². The van der Waals surface area contributed by atoms with Crippen LogP contribution in [0.3, 0.4) is 0 Å². The van der Waals surface area contributed by atoms with E-state index in [0.717, 1.165) is 57.8 Å². The van der Waals surface area contributed by atoms with Gasteiger partial charge in [-0.2, -0.15) is 5.26 Å². The van der Waals surface area contributed by atoms with Crippen molar-refractivity contribution in [2.24, 2.45) is 5.41 Å². The van der Waals surface area contributed by atoms with Crippen molar-refractivity contribution in [1.82, 2.24) is 5.32 Å². The van der Waals surface area contributed by atoms with E-state index in [-0.39, 0.29) is 11.9 Å². The summed E-state index contributed by atoms with van der Waals surface area (Å²) in [5.74, 6) is -0.0211. The van der Waals surface area contributed by atoms with E-state index in [9.17, 15) is 10.1 Å². The number of carbonyl (C=O) groups excluding carboxylic acids is 1. The number of rotatable bonds is 5. The minimum atomic E-state index is -0.752. The van der Waals surface area contributed by atoms with Gasteiger partial charge in [-0.25, -0.2) is 0 Å². The molecule has 0 saturated heterocycles. The largest absolute Gasteiger partial charge is 0.352 e. The topological polar surface area (TPSA) is 52.9 Å². The van der Waals surface area contributed by atoms with Crippen LogP contribution in [0.25, 0.3) is 0 Å². The third-order valence-corrected chi connectivity index (χ3v) is 4.07. The molecule has 0 heterocycles. The van der Waals surface area contributed by atoms with Crippen molar-refractivity contribution < 1.29 is 4.79 Å². The summed E-state index contributed by atoms with van der Waals surface area (Å²) < 4.78 is 0. The van der Waals surface area contributed by atoms with Crippen LogP contribution in [0.15, 0.2) is 0 Å². The lowest BCUT2D eigenvalue weighted by Gasteiger charge is -2.26. The van der Waals surface area contributed by atoms with Crippen LogP contribution in [-0.4, -0.2) is 11.9 Å². The Morgan fingerprint density at radius 1 is 1.28 bits per heavy atom. The molecule has 1 unspecified atom stereocenters. The first kappa shape index (κ1) is 15.0. The molecule has 1 aliphatic carbocycles. The highest BCUT2D eigenvalue weighted by molar-refractivity contribution is 5.85. The van der Waals surface area contributed by atoms with Crippen molar-refractivity contribution in [2.45, 2.75) is 77.7 Å². The Balaban J connectivity index is 2.68. The van der Waals surface area contributed by atoms with Crippen LogP contribution < -0.4 is 5.32 Å².